The van der Waals surface area contributed by atoms with Crippen LogP contribution in [0.4, 0.5) is 0 Å². The van der Waals surface area contributed by atoms with Gasteiger partial charge in [-0.1, -0.05) is 0 Å². The summed E-state index contributed by atoms with van der Waals surface area (Å²) >= 11 is 0. The highest BCUT2D eigenvalue weighted by molar-refractivity contribution is 5.57. The van der Waals surface area contributed by atoms with Crippen LogP contribution in [0.1, 0.15) is 19.3 Å². The Morgan fingerprint density at radius 1 is 1.50 bits per heavy atom. The first-order valence-electron chi connectivity index (χ1n) is 3.07. The van der Waals surface area contributed by atoms with Gasteiger partial charge in [-0.2, -0.15) is 10.5 Å². The molecule has 0 rings (SSSR count). The molecule has 10 heavy (non-hydrogen) atoms. The van der Waals surface area contributed by atoms with Crippen molar-refractivity contribution in [3.8, 4) is 12.1 Å². The molecule has 0 aromatic carbocycles. The molecule has 0 aliphatic rings. The van der Waals surface area contributed by atoms with Crippen molar-refractivity contribution in [2.75, 3.05) is 0 Å². The van der Waals surface area contributed by atoms with Gasteiger partial charge in [-0.25, -0.2) is 0 Å². The van der Waals surface area contributed by atoms with Crippen molar-refractivity contribution in [3.05, 3.63) is 0 Å². The molecule has 0 aromatic rings. The summed E-state index contributed by atoms with van der Waals surface area (Å²) in [5, 5.41) is 16.4. The Labute approximate surface area is 59.9 Å². The minimum atomic E-state index is -0.520. The molecule has 3 nitrogen and oxygen atoms in total. The van der Waals surface area contributed by atoms with Crippen molar-refractivity contribution in [1.82, 2.24) is 0 Å². The highest BCUT2D eigenvalue weighted by atomic mass is 16.1. The van der Waals surface area contributed by atoms with Crippen LogP contribution >= 0.6 is 0 Å². The van der Waals surface area contributed by atoms with Crippen LogP contribution in [0.2, 0.25) is 0 Å². The third-order valence-corrected chi connectivity index (χ3v) is 1.13. The maximum Gasteiger partial charge on any atom is 0.137 e. The van der Waals surface area contributed by atoms with E-state index in [0.717, 1.165) is 0 Å². The molecule has 0 amide bonds. The van der Waals surface area contributed by atoms with Crippen molar-refractivity contribution in [3.63, 3.8) is 0 Å². The Kier molecular flexibility index (Phi) is 5.00. The molecule has 0 aliphatic carbocycles. The summed E-state index contributed by atoms with van der Waals surface area (Å²) in [7, 11) is 0. The lowest BCUT2D eigenvalue weighted by Crippen LogP contribution is -1.96. The minimum absolute atomic E-state index is 0.423. The Morgan fingerprint density at radius 2 is 2.20 bits per heavy atom. The van der Waals surface area contributed by atoms with Crippen molar-refractivity contribution in [2.45, 2.75) is 19.3 Å². The van der Waals surface area contributed by atoms with Crippen LogP contribution in [0.25, 0.3) is 0 Å². The molecule has 1 unspecified atom stereocenters. The third kappa shape index (κ3) is 3.63. The average molecular weight is 136 g/mol. The number of aldehydes is 1. The van der Waals surface area contributed by atoms with E-state index in [9.17, 15) is 4.79 Å². The second-order valence-electron chi connectivity index (χ2n) is 1.92. The molecule has 0 saturated heterocycles. The Hall–Kier alpha value is -1.35. The summed E-state index contributed by atoms with van der Waals surface area (Å²) in [5.74, 6) is -0.520. The van der Waals surface area contributed by atoms with Gasteiger partial charge in [-0.15, -0.1) is 0 Å². The Bertz CT molecular complexity index is 175. The molecule has 1 atom stereocenters. The number of nitrogens with zero attached hydrogens (tertiary/aromatic N) is 2. The lowest BCUT2D eigenvalue weighted by molar-refractivity contribution is -0.109. The summed E-state index contributed by atoms with van der Waals surface area (Å²) in [5.41, 5.74) is 0. The molecule has 0 N–H and O–H groups in total. The van der Waals surface area contributed by atoms with Gasteiger partial charge >= 0.3 is 0 Å². The summed E-state index contributed by atoms with van der Waals surface area (Å²) in [6.45, 7) is 0. The molecule has 0 bridgehead atoms. The van der Waals surface area contributed by atoms with Gasteiger partial charge in [-0.05, 0) is 12.8 Å². The molecule has 52 valence electrons. The van der Waals surface area contributed by atoms with Crippen LogP contribution in [-0.2, 0) is 4.79 Å². The number of unbranched alkanes of at least 4 members (excludes halogenated alkanes) is 1. The number of hydrogen-bond donors (Lipinski definition) is 0. The molecule has 0 radical (unpaired) electrons. The summed E-state index contributed by atoms with van der Waals surface area (Å²) in [6.07, 6.45) is 2.18. The number of nitriles is 2. The molecular weight excluding hydrogens is 128 g/mol. The topological polar surface area (TPSA) is 64.7 Å². The van der Waals surface area contributed by atoms with E-state index in [-0.39, 0.29) is 0 Å². The maximum atomic E-state index is 10.0. The van der Waals surface area contributed by atoms with Crippen LogP contribution < -0.4 is 0 Å². The zero-order valence-corrected chi connectivity index (χ0v) is 5.58. The predicted molar refractivity (Wildman–Crippen MR) is 34.6 cm³/mol. The molecule has 0 aromatic heterocycles. The van der Waals surface area contributed by atoms with Gasteiger partial charge in [0.25, 0.3) is 0 Å². The minimum Gasteiger partial charge on any atom is -0.302 e. The number of carbonyl (C=O) groups excluding carboxylic acids is 1. The van der Waals surface area contributed by atoms with Crippen LogP contribution in [0.3, 0.4) is 0 Å². The fraction of sp³-hybridized carbons (Fsp3) is 0.571. The second-order valence-corrected chi connectivity index (χ2v) is 1.92. The van der Waals surface area contributed by atoms with Crippen molar-refractivity contribution in [1.29, 1.82) is 10.5 Å². The van der Waals surface area contributed by atoms with E-state index in [4.69, 9.17) is 10.5 Å². The standard InChI is InChI=1S/C7H8N2O/c8-4-2-1-3-7(5-9)6-10/h6-7H,1-3H2. The summed E-state index contributed by atoms with van der Waals surface area (Å²) in [4.78, 5) is 10.0. The van der Waals surface area contributed by atoms with Crippen LogP contribution in [0.15, 0.2) is 0 Å². The Morgan fingerprint density at radius 3 is 2.60 bits per heavy atom. The first-order valence-corrected chi connectivity index (χ1v) is 3.07. The van der Waals surface area contributed by atoms with Crippen LogP contribution in [-0.4, -0.2) is 6.29 Å². The van der Waals surface area contributed by atoms with E-state index >= 15 is 0 Å². The normalized spacial score (nSPS) is 11.0. The summed E-state index contributed by atoms with van der Waals surface area (Å²) in [6, 6.07) is 3.78. The third-order valence-electron chi connectivity index (χ3n) is 1.13. The highest BCUT2D eigenvalue weighted by Gasteiger charge is 2.02. The van der Waals surface area contributed by atoms with Gasteiger partial charge < -0.3 is 4.79 Å². The number of hydrogen-bond acceptors (Lipinski definition) is 3. The lowest BCUT2D eigenvalue weighted by atomic mass is 10.1. The predicted octanol–water partition coefficient (Wildman–Crippen LogP) is 1.02. The van der Waals surface area contributed by atoms with Gasteiger partial charge in [0.2, 0.25) is 0 Å². The maximum absolute atomic E-state index is 10.0. The van der Waals surface area contributed by atoms with Gasteiger partial charge in [0.15, 0.2) is 0 Å². The van der Waals surface area contributed by atoms with E-state index in [1.54, 1.807) is 0 Å². The Balaban J connectivity index is 3.40. The van der Waals surface area contributed by atoms with E-state index in [0.29, 0.717) is 25.5 Å². The van der Waals surface area contributed by atoms with Crippen molar-refractivity contribution in [2.24, 2.45) is 5.92 Å². The van der Waals surface area contributed by atoms with Crippen LogP contribution in [0.5, 0.6) is 0 Å². The van der Waals surface area contributed by atoms with E-state index in [1.807, 2.05) is 12.1 Å². The van der Waals surface area contributed by atoms with Crippen LogP contribution in [0, 0.1) is 28.6 Å². The monoisotopic (exact) mass is 136 g/mol. The van der Waals surface area contributed by atoms with Gasteiger partial charge in [0.1, 0.15) is 12.2 Å². The molecule has 3 heteroatoms. The zero-order valence-electron chi connectivity index (χ0n) is 5.58. The molecule has 0 fully saturated rings. The highest BCUT2D eigenvalue weighted by Crippen LogP contribution is 2.03. The number of rotatable bonds is 4. The molecular formula is C7H8N2O. The van der Waals surface area contributed by atoms with Crippen molar-refractivity contribution < 1.29 is 4.79 Å². The second kappa shape index (κ2) is 5.78. The number of carbonyl (C=O) groups is 1. The fourth-order valence-corrected chi connectivity index (χ4v) is 0.564. The lowest BCUT2D eigenvalue weighted by Gasteiger charge is -1.94. The van der Waals surface area contributed by atoms with Crippen molar-refractivity contribution >= 4 is 6.29 Å². The first-order chi connectivity index (χ1) is 4.85. The van der Waals surface area contributed by atoms with Gasteiger partial charge in [0.05, 0.1) is 12.1 Å². The largest absolute Gasteiger partial charge is 0.302 e. The molecule has 0 saturated carbocycles. The van der Waals surface area contributed by atoms with E-state index in [2.05, 4.69) is 0 Å². The molecule has 0 aliphatic heterocycles. The molecule has 0 spiro atoms. The van der Waals surface area contributed by atoms with E-state index < -0.39 is 5.92 Å². The summed E-state index contributed by atoms with van der Waals surface area (Å²) < 4.78 is 0. The van der Waals surface area contributed by atoms with E-state index in [1.165, 1.54) is 0 Å². The zero-order chi connectivity index (χ0) is 7.82. The average Bonchev–Trinajstić information content (AvgIpc) is 1.99. The first kappa shape index (κ1) is 8.65. The fourth-order valence-electron chi connectivity index (χ4n) is 0.564. The molecule has 0 heterocycles. The quantitative estimate of drug-likeness (QED) is 0.428. The van der Waals surface area contributed by atoms with Gasteiger partial charge in [0, 0.05) is 6.42 Å². The van der Waals surface area contributed by atoms with Gasteiger partial charge in [-0.3, -0.25) is 0 Å². The SMILES string of the molecule is N#CCCCC(C#N)C=O. The smallest absolute Gasteiger partial charge is 0.137 e.